The number of carbonyl (C=O) groups excluding carboxylic acids is 1. The maximum Gasteiger partial charge on any atom is 0.344 e. The molecular formula is C20H16FNO4. The van der Waals surface area contributed by atoms with E-state index < -0.39 is 11.8 Å². The molecule has 0 aliphatic rings. The fraction of sp³-hybridized carbons (Fsp3) is 0.100. The van der Waals surface area contributed by atoms with Crippen LogP contribution in [0.25, 0.3) is 0 Å². The number of hydrogen-bond donors (Lipinski definition) is 0. The quantitative estimate of drug-likeness (QED) is 0.616. The zero-order chi connectivity index (χ0) is 18.4. The lowest BCUT2D eigenvalue weighted by Crippen LogP contribution is -2.08. The maximum absolute atomic E-state index is 13.7. The van der Waals surface area contributed by atoms with Crippen LogP contribution in [0.5, 0.6) is 17.4 Å². The Morgan fingerprint density at radius 3 is 2.62 bits per heavy atom. The lowest BCUT2D eigenvalue weighted by molar-refractivity contribution is 0.0468. The summed E-state index contributed by atoms with van der Waals surface area (Å²) in [6.45, 7) is -0.0839. The number of esters is 1. The predicted molar refractivity (Wildman–Crippen MR) is 92.8 cm³/mol. The van der Waals surface area contributed by atoms with Crippen molar-refractivity contribution >= 4 is 5.97 Å². The van der Waals surface area contributed by atoms with Crippen molar-refractivity contribution in [1.29, 1.82) is 0 Å². The third kappa shape index (κ3) is 4.16. The minimum absolute atomic E-state index is 0.0839. The largest absolute Gasteiger partial charge is 0.494 e. The highest BCUT2D eigenvalue weighted by atomic mass is 19.1. The molecule has 6 heteroatoms. The van der Waals surface area contributed by atoms with Gasteiger partial charge in [-0.1, -0.05) is 24.3 Å². The molecule has 0 saturated carbocycles. The molecule has 26 heavy (non-hydrogen) atoms. The van der Waals surface area contributed by atoms with Crippen LogP contribution in [-0.2, 0) is 11.3 Å². The first-order valence-electron chi connectivity index (χ1n) is 7.85. The topological polar surface area (TPSA) is 57.7 Å². The van der Waals surface area contributed by atoms with E-state index in [1.807, 2.05) is 18.2 Å². The summed E-state index contributed by atoms with van der Waals surface area (Å²) in [7, 11) is 1.38. The molecule has 0 aliphatic carbocycles. The van der Waals surface area contributed by atoms with Gasteiger partial charge in [-0.05, 0) is 42.0 Å². The lowest BCUT2D eigenvalue weighted by Gasteiger charge is -2.10. The Morgan fingerprint density at radius 2 is 1.88 bits per heavy atom. The van der Waals surface area contributed by atoms with Gasteiger partial charge in [-0.2, -0.15) is 0 Å². The van der Waals surface area contributed by atoms with Crippen molar-refractivity contribution in [3.63, 3.8) is 0 Å². The van der Waals surface area contributed by atoms with Crippen molar-refractivity contribution in [2.24, 2.45) is 0 Å². The minimum atomic E-state index is -0.611. The third-order valence-electron chi connectivity index (χ3n) is 3.53. The summed E-state index contributed by atoms with van der Waals surface area (Å²) in [4.78, 5) is 16.5. The van der Waals surface area contributed by atoms with Gasteiger partial charge < -0.3 is 14.2 Å². The van der Waals surface area contributed by atoms with Gasteiger partial charge in [-0.15, -0.1) is 0 Å². The number of hydrogen-bond acceptors (Lipinski definition) is 5. The lowest BCUT2D eigenvalue weighted by atomic mass is 10.2. The van der Waals surface area contributed by atoms with Gasteiger partial charge in [-0.3, -0.25) is 0 Å². The van der Waals surface area contributed by atoms with Gasteiger partial charge in [0.05, 0.1) is 7.11 Å². The van der Waals surface area contributed by atoms with Gasteiger partial charge in [0, 0.05) is 6.20 Å². The van der Waals surface area contributed by atoms with Crippen molar-refractivity contribution < 1.29 is 23.4 Å². The van der Waals surface area contributed by atoms with E-state index in [1.165, 1.54) is 25.4 Å². The number of carbonyl (C=O) groups is 1. The number of aromatic nitrogens is 1. The fourth-order valence-electron chi connectivity index (χ4n) is 2.25. The Labute approximate surface area is 150 Å². The van der Waals surface area contributed by atoms with Crippen molar-refractivity contribution in [3.8, 4) is 17.4 Å². The van der Waals surface area contributed by atoms with Gasteiger partial charge in [0.15, 0.2) is 11.6 Å². The van der Waals surface area contributed by atoms with Gasteiger partial charge >= 0.3 is 5.97 Å². The molecule has 2 aromatic carbocycles. The van der Waals surface area contributed by atoms with Crippen molar-refractivity contribution in [3.05, 3.63) is 83.8 Å². The number of halogens is 1. The average Bonchev–Trinajstić information content (AvgIpc) is 2.67. The summed E-state index contributed by atoms with van der Waals surface area (Å²) in [5.41, 5.74) is 0.691. The van der Waals surface area contributed by atoms with E-state index in [1.54, 1.807) is 30.3 Å². The summed E-state index contributed by atoms with van der Waals surface area (Å²) in [6.07, 6.45) is 1.52. The molecule has 0 spiro atoms. The number of nitrogens with zero attached hydrogens (tertiary/aromatic N) is 1. The van der Waals surface area contributed by atoms with Gasteiger partial charge in [0.2, 0.25) is 5.88 Å². The molecule has 132 valence electrons. The van der Waals surface area contributed by atoms with E-state index in [9.17, 15) is 9.18 Å². The van der Waals surface area contributed by atoms with E-state index in [0.29, 0.717) is 11.3 Å². The Hall–Kier alpha value is -3.41. The molecule has 3 rings (SSSR count). The molecule has 5 nitrogen and oxygen atoms in total. The van der Waals surface area contributed by atoms with Crippen LogP contribution in [0.3, 0.4) is 0 Å². The monoisotopic (exact) mass is 353 g/mol. The van der Waals surface area contributed by atoms with Gasteiger partial charge in [-0.25, -0.2) is 14.2 Å². The smallest absolute Gasteiger partial charge is 0.344 e. The molecule has 0 unspecified atom stereocenters. The van der Waals surface area contributed by atoms with Crippen LogP contribution in [0.2, 0.25) is 0 Å². The summed E-state index contributed by atoms with van der Waals surface area (Å²) >= 11 is 0. The van der Waals surface area contributed by atoms with E-state index in [0.717, 1.165) is 0 Å². The molecule has 0 atom stereocenters. The number of para-hydroxylation sites is 1. The molecule has 3 aromatic rings. The summed E-state index contributed by atoms with van der Waals surface area (Å²) in [5, 5.41) is 0. The number of ether oxygens (including phenoxy) is 3. The number of benzene rings is 2. The van der Waals surface area contributed by atoms with E-state index >= 15 is 0 Å². The molecule has 0 bridgehead atoms. The highest BCUT2D eigenvalue weighted by Gasteiger charge is 2.16. The summed E-state index contributed by atoms with van der Waals surface area (Å²) in [5.74, 6) is -0.302. The fourth-order valence-corrected chi connectivity index (χ4v) is 2.25. The molecule has 0 fully saturated rings. The Kier molecular flexibility index (Phi) is 5.43. The Morgan fingerprint density at radius 1 is 1.08 bits per heavy atom. The van der Waals surface area contributed by atoms with Crippen molar-refractivity contribution in [2.45, 2.75) is 6.61 Å². The Balaban J connectivity index is 1.71. The second kappa shape index (κ2) is 8.11. The van der Waals surface area contributed by atoms with Crippen molar-refractivity contribution in [1.82, 2.24) is 4.98 Å². The number of methoxy groups -OCH3 is 1. The third-order valence-corrected chi connectivity index (χ3v) is 3.53. The van der Waals surface area contributed by atoms with E-state index in [-0.39, 0.29) is 23.8 Å². The first-order valence-corrected chi connectivity index (χ1v) is 7.85. The van der Waals surface area contributed by atoms with Crippen LogP contribution in [0.1, 0.15) is 15.9 Å². The number of rotatable bonds is 6. The highest BCUT2D eigenvalue weighted by molar-refractivity contribution is 5.91. The van der Waals surface area contributed by atoms with Crippen LogP contribution in [0.15, 0.2) is 66.9 Å². The van der Waals surface area contributed by atoms with Crippen LogP contribution in [0.4, 0.5) is 4.39 Å². The zero-order valence-corrected chi connectivity index (χ0v) is 14.0. The van der Waals surface area contributed by atoms with Gasteiger partial charge in [0.1, 0.15) is 17.9 Å². The molecular weight excluding hydrogens is 337 g/mol. The van der Waals surface area contributed by atoms with Crippen LogP contribution in [-0.4, -0.2) is 18.1 Å². The SMILES string of the molecule is COc1ccc(COC(=O)c2cccnc2Oc2ccccc2)cc1F. The summed E-state index contributed by atoms with van der Waals surface area (Å²) < 4.78 is 29.5. The molecule has 1 aromatic heterocycles. The summed E-state index contributed by atoms with van der Waals surface area (Å²) in [6, 6.07) is 16.5. The Bertz CT molecular complexity index is 899. The molecule has 1 heterocycles. The maximum atomic E-state index is 13.7. The molecule has 0 aliphatic heterocycles. The van der Waals surface area contributed by atoms with E-state index in [2.05, 4.69) is 4.98 Å². The van der Waals surface area contributed by atoms with E-state index in [4.69, 9.17) is 14.2 Å². The molecule has 0 N–H and O–H groups in total. The van der Waals surface area contributed by atoms with Crippen LogP contribution in [0, 0.1) is 5.82 Å². The van der Waals surface area contributed by atoms with Crippen LogP contribution >= 0.6 is 0 Å². The molecule has 0 radical (unpaired) electrons. The normalized spacial score (nSPS) is 10.2. The second-order valence-corrected chi connectivity index (χ2v) is 5.32. The molecule has 0 saturated heterocycles. The first kappa shape index (κ1) is 17.4. The highest BCUT2D eigenvalue weighted by Crippen LogP contribution is 2.24. The zero-order valence-electron chi connectivity index (χ0n) is 14.0. The second-order valence-electron chi connectivity index (χ2n) is 5.32. The van der Waals surface area contributed by atoms with Gasteiger partial charge in [0.25, 0.3) is 0 Å². The first-order chi connectivity index (χ1) is 12.7. The van der Waals surface area contributed by atoms with Crippen LogP contribution < -0.4 is 9.47 Å². The molecule has 0 amide bonds. The minimum Gasteiger partial charge on any atom is -0.494 e. The average molecular weight is 353 g/mol. The predicted octanol–water partition coefficient (Wildman–Crippen LogP) is 4.38. The number of pyridine rings is 1. The van der Waals surface area contributed by atoms with Crippen molar-refractivity contribution in [2.75, 3.05) is 7.11 Å². The standard InChI is InChI=1S/C20H16FNO4/c1-24-18-10-9-14(12-17(18)21)13-25-20(23)16-8-5-11-22-19(16)26-15-6-3-2-4-7-15/h2-12H,13H2,1H3.